The van der Waals surface area contributed by atoms with Crippen LogP contribution in [-0.4, -0.2) is 35.8 Å². The van der Waals surface area contributed by atoms with E-state index in [9.17, 15) is 9.59 Å². The Labute approximate surface area is 187 Å². The summed E-state index contributed by atoms with van der Waals surface area (Å²) in [6.45, 7) is 11.3. The van der Waals surface area contributed by atoms with Crippen LogP contribution in [0.4, 0.5) is 4.79 Å². The molecule has 0 aromatic heterocycles. The number of carbonyl (C=O) groups excluding carboxylic acids is 2. The number of carbonyl (C=O) groups is 2. The monoisotopic (exact) mass is 442 g/mol. The zero-order valence-electron chi connectivity index (χ0n) is 19.4. The first kappa shape index (κ1) is 24.9. The van der Waals surface area contributed by atoms with Crippen molar-refractivity contribution < 1.29 is 14.3 Å². The first-order chi connectivity index (χ1) is 14.6. The fourth-order valence-electron chi connectivity index (χ4n) is 3.05. The summed E-state index contributed by atoms with van der Waals surface area (Å²) in [6, 6.07) is 20.2. The predicted octanol–water partition coefficient (Wildman–Crippen LogP) is 4.17. The molecule has 2 amide bonds. The molecule has 5 nitrogen and oxygen atoms in total. The highest BCUT2D eigenvalue weighted by atomic mass is 31.1. The molecule has 2 aromatic carbocycles. The Morgan fingerprint density at radius 1 is 0.871 bits per heavy atom. The normalized spacial score (nSPS) is 13.5. The predicted molar refractivity (Wildman–Crippen MR) is 130 cm³/mol. The van der Waals surface area contributed by atoms with Gasteiger partial charge in [-0.25, -0.2) is 4.79 Å². The van der Waals surface area contributed by atoms with Crippen LogP contribution in [0.25, 0.3) is 0 Å². The molecular weight excluding hydrogens is 407 g/mol. The minimum absolute atomic E-state index is 0.0260. The largest absolute Gasteiger partial charge is 0.444 e. The van der Waals surface area contributed by atoms with Crippen LogP contribution < -0.4 is 21.2 Å². The van der Waals surface area contributed by atoms with E-state index in [4.69, 9.17) is 4.74 Å². The number of ether oxygens (including phenoxy) is 1. The lowest BCUT2D eigenvalue weighted by molar-refractivity contribution is -0.123. The maximum Gasteiger partial charge on any atom is 0.408 e. The van der Waals surface area contributed by atoms with Crippen molar-refractivity contribution in [2.75, 3.05) is 6.16 Å². The molecule has 2 aromatic rings. The number of hydrogen-bond acceptors (Lipinski definition) is 3. The molecule has 2 atom stereocenters. The van der Waals surface area contributed by atoms with E-state index < -0.39 is 25.7 Å². The molecule has 0 aliphatic rings. The summed E-state index contributed by atoms with van der Waals surface area (Å²) in [6.07, 6.45) is 0.235. The van der Waals surface area contributed by atoms with Gasteiger partial charge in [-0.3, -0.25) is 4.79 Å². The summed E-state index contributed by atoms with van der Waals surface area (Å²) in [5, 5.41) is 8.35. The fraction of sp³-hybridized carbons (Fsp3) is 0.440. The molecular formula is C25H35N2O3P. The van der Waals surface area contributed by atoms with Crippen molar-refractivity contribution in [3.05, 3.63) is 60.7 Å². The molecule has 0 radical (unpaired) electrons. The van der Waals surface area contributed by atoms with Crippen LogP contribution in [0.1, 0.15) is 41.5 Å². The summed E-state index contributed by atoms with van der Waals surface area (Å²) in [5.41, 5.74) is -0.609. The lowest BCUT2D eigenvalue weighted by atomic mass is 10.1. The minimum Gasteiger partial charge on any atom is -0.444 e. The summed E-state index contributed by atoms with van der Waals surface area (Å²) in [7, 11) is -0.635. The van der Waals surface area contributed by atoms with Gasteiger partial charge in [-0.2, -0.15) is 0 Å². The molecule has 0 aliphatic heterocycles. The Kier molecular flexibility index (Phi) is 9.06. The Bertz CT molecular complexity index is 795. The van der Waals surface area contributed by atoms with E-state index >= 15 is 0 Å². The highest BCUT2D eigenvalue weighted by Gasteiger charge is 2.26. The summed E-state index contributed by atoms with van der Waals surface area (Å²) in [5.74, 6) is 0.0377. The van der Waals surface area contributed by atoms with E-state index in [0.29, 0.717) is 0 Å². The molecule has 0 unspecified atom stereocenters. The zero-order valence-corrected chi connectivity index (χ0v) is 20.3. The van der Waals surface area contributed by atoms with E-state index in [2.05, 4.69) is 73.0 Å². The van der Waals surface area contributed by atoms with Crippen molar-refractivity contribution in [3.63, 3.8) is 0 Å². The SMILES string of the molecule is CC(C)[C@@H](CP(c1ccccc1)c1ccccc1)NC(=O)[C@@H](C)NC(=O)OC(C)(C)C. The van der Waals surface area contributed by atoms with Crippen LogP contribution in [-0.2, 0) is 9.53 Å². The van der Waals surface area contributed by atoms with Gasteiger partial charge in [-0.05, 0) is 58.3 Å². The van der Waals surface area contributed by atoms with Gasteiger partial charge in [0.05, 0.1) is 0 Å². The maximum absolute atomic E-state index is 12.8. The zero-order chi connectivity index (χ0) is 23.0. The Hall–Kier alpha value is -2.39. The van der Waals surface area contributed by atoms with Gasteiger partial charge >= 0.3 is 6.09 Å². The number of rotatable bonds is 8. The Morgan fingerprint density at radius 2 is 1.35 bits per heavy atom. The molecule has 6 heteroatoms. The van der Waals surface area contributed by atoms with Gasteiger partial charge < -0.3 is 15.4 Å². The topological polar surface area (TPSA) is 67.4 Å². The number of hydrogen-bond donors (Lipinski definition) is 2. The van der Waals surface area contributed by atoms with Crippen molar-refractivity contribution in [1.82, 2.24) is 10.6 Å². The molecule has 0 heterocycles. The molecule has 0 fully saturated rings. The maximum atomic E-state index is 12.8. The van der Waals surface area contributed by atoms with Gasteiger partial charge in [-0.15, -0.1) is 0 Å². The summed E-state index contributed by atoms with van der Waals surface area (Å²) >= 11 is 0. The van der Waals surface area contributed by atoms with Crippen molar-refractivity contribution in [2.24, 2.45) is 5.92 Å². The van der Waals surface area contributed by atoms with Gasteiger partial charge in [-0.1, -0.05) is 74.5 Å². The van der Waals surface area contributed by atoms with Crippen molar-refractivity contribution in [2.45, 2.75) is 59.2 Å². The summed E-state index contributed by atoms with van der Waals surface area (Å²) in [4.78, 5) is 24.9. The Balaban J connectivity index is 2.13. The number of benzene rings is 2. The molecule has 31 heavy (non-hydrogen) atoms. The van der Waals surface area contributed by atoms with Gasteiger partial charge in [0.25, 0.3) is 0 Å². The van der Waals surface area contributed by atoms with Crippen LogP contribution in [0.5, 0.6) is 0 Å². The number of nitrogens with one attached hydrogen (secondary N) is 2. The molecule has 168 valence electrons. The van der Waals surface area contributed by atoms with E-state index in [1.165, 1.54) is 10.6 Å². The van der Waals surface area contributed by atoms with E-state index in [1.807, 2.05) is 12.1 Å². The quantitative estimate of drug-likeness (QED) is 0.603. The van der Waals surface area contributed by atoms with Gasteiger partial charge in [0.15, 0.2) is 0 Å². The van der Waals surface area contributed by atoms with Crippen molar-refractivity contribution >= 4 is 30.5 Å². The average molecular weight is 443 g/mol. The molecule has 0 bridgehead atoms. The lowest BCUT2D eigenvalue weighted by Gasteiger charge is -2.29. The van der Waals surface area contributed by atoms with Crippen molar-refractivity contribution in [1.29, 1.82) is 0 Å². The lowest BCUT2D eigenvalue weighted by Crippen LogP contribution is -2.51. The van der Waals surface area contributed by atoms with Gasteiger partial charge in [0.2, 0.25) is 5.91 Å². The highest BCUT2D eigenvalue weighted by molar-refractivity contribution is 7.73. The minimum atomic E-state index is -0.684. The fourth-order valence-corrected chi connectivity index (χ4v) is 5.74. The molecule has 2 N–H and O–H groups in total. The molecule has 0 aliphatic carbocycles. The first-order valence-electron chi connectivity index (χ1n) is 10.7. The van der Waals surface area contributed by atoms with E-state index in [1.54, 1.807) is 27.7 Å². The van der Waals surface area contributed by atoms with Crippen LogP contribution in [0.3, 0.4) is 0 Å². The second-order valence-corrected chi connectivity index (χ2v) is 11.3. The second-order valence-electron chi connectivity index (χ2n) is 9.01. The van der Waals surface area contributed by atoms with Crippen LogP contribution in [0.2, 0.25) is 0 Å². The molecule has 2 rings (SSSR count). The third-order valence-corrected chi connectivity index (χ3v) is 7.38. The van der Waals surface area contributed by atoms with Gasteiger partial charge in [0, 0.05) is 6.04 Å². The standard InChI is InChI=1S/C25H35N2O3P/c1-18(2)22(27-23(28)19(3)26-24(29)30-25(4,5)6)17-31(20-13-9-7-10-14-20)21-15-11-8-12-16-21/h7-16,18-19,22H,17H2,1-6H3,(H,26,29)(H,27,28)/t19-,22-/m1/s1. The molecule has 0 saturated heterocycles. The summed E-state index contributed by atoms with van der Waals surface area (Å²) < 4.78 is 5.26. The third kappa shape index (κ3) is 8.34. The first-order valence-corrected chi connectivity index (χ1v) is 12.3. The Morgan fingerprint density at radius 3 is 1.77 bits per heavy atom. The van der Waals surface area contributed by atoms with Gasteiger partial charge in [0.1, 0.15) is 11.6 Å². The second kappa shape index (κ2) is 11.3. The molecule has 0 spiro atoms. The average Bonchev–Trinajstić information content (AvgIpc) is 2.70. The van der Waals surface area contributed by atoms with Crippen LogP contribution >= 0.6 is 7.92 Å². The van der Waals surface area contributed by atoms with E-state index in [0.717, 1.165) is 6.16 Å². The molecule has 0 saturated carbocycles. The number of amides is 2. The van der Waals surface area contributed by atoms with Crippen molar-refractivity contribution in [3.8, 4) is 0 Å². The highest BCUT2D eigenvalue weighted by Crippen LogP contribution is 2.35. The van der Waals surface area contributed by atoms with E-state index in [-0.39, 0.29) is 17.9 Å². The van der Waals surface area contributed by atoms with Crippen LogP contribution in [0.15, 0.2) is 60.7 Å². The smallest absolute Gasteiger partial charge is 0.408 e. The third-order valence-electron chi connectivity index (χ3n) is 4.77. The number of alkyl carbamates (subject to hydrolysis) is 1. The van der Waals surface area contributed by atoms with Crippen LogP contribution in [0, 0.1) is 5.92 Å².